The van der Waals surface area contributed by atoms with Crippen molar-refractivity contribution in [3.05, 3.63) is 0 Å². The Hall–Kier alpha value is -0.120. The molecular formula is C9H18N2O. The van der Waals surface area contributed by atoms with Crippen molar-refractivity contribution >= 4 is 0 Å². The average molecular weight is 170 g/mol. The predicted molar refractivity (Wildman–Crippen MR) is 48.0 cm³/mol. The highest BCUT2D eigenvalue weighted by Crippen LogP contribution is 2.17. The van der Waals surface area contributed by atoms with E-state index in [-0.39, 0.29) is 6.04 Å². The zero-order valence-electron chi connectivity index (χ0n) is 7.54. The zero-order chi connectivity index (χ0) is 8.39. The molecule has 2 rings (SSSR count). The van der Waals surface area contributed by atoms with E-state index in [1.165, 1.54) is 32.4 Å². The fourth-order valence-electron chi connectivity index (χ4n) is 2.19. The third kappa shape index (κ3) is 1.63. The number of hydrogen-bond donors (Lipinski definition) is 1. The molecule has 2 fully saturated rings. The van der Waals surface area contributed by atoms with Gasteiger partial charge < -0.3 is 10.5 Å². The summed E-state index contributed by atoms with van der Waals surface area (Å²) < 4.78 is 5.36. The number of nitrogens with two attached hydrogens (primary N) is 1. The number of rotatable bonds is 1. The maximum absolute atomic E-state index is 5.94. The van der Waals surface area contributed by atoms with Crippen LogP contribution in [0, 0.1) is 0 Å². The predicted octanol–water partition coefficient (Wildman–Crippen LogP) is 0.198. The van der Waals surface area contributed by atoms with Gasteiger partial charge >= 0.3 is 0 Å². The Balaban J connectivity index is 1.89. The van der Waals surface area contributed by atoms with Gasteiger partial charge in [0.05, 0.1) is 19.3 Å². The molecule has 0 amide bonds. The molecule has 0 bridgehead atoms. The van der Waals surface area contributed by atoms with E-state index in [9.17, 15) is 0 Å². The average Bonchev–Trinajstić information content (AvgIpc) is 2.53. The van der Waals surface area contributed by atoms with E-state index in [1.54, 1.807) is 0 Å². The first-order chi connectivity index (χ1) is 5.88. The molecule has 2 saturated heterocycles. The van der Waals surface area contributed by atoms with Crippen LogP contribution >= 0.6 is 0 Å². The van der Waals surface area contributed by atoms with Crippen LogP contribution in [-0.4, -0.2) is 43.3 Å². The second kappa shape index (κ2) is 3.73. The summed E-state index contributed by atoms with van der Waals surface area (Å²) in [6.45, 7) is 4.05. The van der Waals surface area contributed by atoms with Crippen molar-refractivity contribution in [2.45, 2.75) is 31.3 Å². The highest BCUT2D eigenvalue weighted by Gasteiger charge is 2.30. The minimum atomic E-state index is 0.253. The molecule has 12 heavy (non-hydrogen) atoms. The fourth-order valence-corrected chi connectivity index (χ4v) is 2.19. The van der Waals surface area contributed by atoms with Gasteiger partial charge in [0.25, 0.3) is 0 Å². The molecule has 0 aromatic rings. The molecule has 0 saturated carbocycles. The molecule has 2 N–H and O–H groups in total. The summed E-state index contributed by atoms with van der Waals surface area (Å²) in [5, 5.41) is 0. The molecule has 0 aliphatic carbocycles. The highest BCUT2D eigenvalue weighted by atomic mass is 16.5. The first-order valence-electron chi connectivity index (χ1n) is 4.95. The second-order valence-corrected chi connectivity index (χ2v) is 3.87. The minimum absolute atomic E-state index is 0.253. The van der Waals surface area contributed by atoms with E-state index in [0.29, 0.717) is 6.04 Å². The van der Waals surface area contributed by atoms with Gasteiger partial charge in [-0.25, -0.2) is 0 Å². The van der Waals surface area contributed by atoms with Crippen LogP contribution in [-0.2, 0) is 4.74 Å². The smallest absolute Gasteiger partial charge is 0.0638 e. The molecule has 0 aromatic heterocycles. The minimum Gasteiger partial charge on any atom is -0.378 e. The van der Waals surface area contributed by atoms with Gasteiger partial charge in [-0.2, -0.15) is 0 Å². The highest BCUT2D eigenvalue weighted by molar-refractivity contribution is 4.87. The normalized spacial score (nSPS) is 38.8. The lowest BCUT2D eigenvalue weighted by Gasteiger charge is -2.33. The number of hydrogen-bond acceptors (Lipinski definition) is 3. The Bertz CT molecular complexity index is 145. The Labute approximate surface area is 73.9 Å². The van der Waals surface area contributed by atoms with E-state index < -0.39 is 0 Å². The summed E-state index contributed by atoms with van der Waals surface area (Å²) in [5.74, 6) is 0. The van der Waals surface area contributed by atoms with Crippen molar-refractivity contribution in [2.75, 3.05) is 26.3 Å². The lowest BCUT2D eigenvalue weighted by molar-refractivity contribution is 0.126. The second-order valence-electron chi connectivity index (χ2n) is 3.87. The van der Waals surface area contributed by atoms with Crippen molar-refractivity contribution < 1.29 is 4.74 Å². The van der Waals surface area contributed by atoms with Gasteiger partial charge in [-0.1, -0.05) is 6.42 Å². The standard InChI is InChI=1S/C9H18N2O/c10-8-6-12-7-9(8)11-4-2-1-3-5-11/h8-9H,1-7,10H2/t8-,9-/m0/s1. The molecule has 2 aliphatic heterocycles. The van der Waals surface area contributed by atoms with Gasteiger partial charge in [-0.05, 0) is 25.9 Å². The molecule has 0 aromatic carbocycles. The molecule has 0 radical (unpaired) electrons. The third-order valence-electron chi connectivity index (χ3n) is 2.95. The van der Waals surface area contributed by atoms with E-state index in [2.05, 4.69) is 4.90 Å². The van der Waals surface area contributed by atoms with E-state index >= 15 is 0 Å². The van der Waals surface area contributed by atoms with Crippen LogP contribution in [0.1, 0.15) is 19.3 Å². The maximum atomic E-state index is 5.94. The maximum Gasteiger partial charge on any atom is 0.0638 e. The van der Waals surface area contributed by atoms with Gasteiger partial charge in [-0.3, -0.25) is 4.90 Å². The zero-order valence-corrected chi connectivity index (χ0v) is 7.54. The Kier molecular flexibility index (Phi) is 2.63. The molecule has 2 aliphatic rings. The number of likely N-dealkylation sites (tertiary alicyclic amines) is 1. The van der Waals surface area contributed by atoms with Crippen molar-refractivity contribution in [1.29, 1.82) is 0 Å². The first kappa shape index (κ1) is 8.48. The van der Waals surface area contributed by atoms with Crippen LogP contribution in [0.5, 0.6) is 0 Å². The van der Waals surface area contributed by atoms with Crippen LogP contribution in [0.15, 0.2) is 0 Å². The lowest BCUT2D eigenvalue weighted by Crippen LogP contribution is -2.48. The van der Waals surface area contributed by atoms with Crippen molar-refractivity contribution in [2.24, 2.45) is 5.73 Å². The molecule has 2 heterocycles. The van der Waals surface area contributed by atoms with Gasteiger partial charge in [-0.15, -0.1) is 0 Å². The van der Waals surface area contributed by atoms with Crippen LogP contribution < -0.4 is 5.73 Å². The van der Waals surface area contributed by atoms with Crippen molar-refractivity contribution in [3.8, 4) is 0 Å². The quantitative estimate of drug-likeness (QED) is 0.611. The van der Waals surface area contributed by atoms with E-state index in [1.807, 2.05) is 0 Å². The van der Waals surface area contributed by atoms with Gasteiger partial charge in [0, 0.05) is 6.04 Å². The number of ether oxygens (including phenoxy) is 1. The largest absolute Gasteiger partial charge is 0.378 e. The molecule has 0 spiro atoms. The van der Waals surface area contributed by atoms with Crippen LogP contribution in [0.25, 0.3) is 0 Å². The molecule has 3 heteroatoms. The molecule has 0 unspecified atom stereocenters. The number of nitrogens with zero attached hydrogens (tertiary/aromatic N) is 1. The van der Waals surface area contributed by atoms with E-state index in [4.69, 9.17) is 10.5 Å². The van der Waals surface area contributed by atoms with Crippen LogP contribution in [0.3, 0.4) is 0 Å². The molecular weight excluding hydrogens is 152 g/mol. The topological polar surface area (TPSA) is 38.5 Å². The molecule has 70 valence electrons. The third-order valence-corrected chi connectivity index (χ3v) is 2.95. The summed E-state index contributed by atoms with van der Waals surface area (Å²) in [6, 6.07) is 0.758. The summed E-state index contributed by atoms with van der Waals surface area (Å²) in [6.07, 6.45) is 4.06. The Morgan fingerprint density at radius 1 is 1.08 bits per heavy atom. The molecule has 2 atom stereocenters. The SMILES string of the molecule is N[C@H]1COC[C@@H]1N1CCCCC1. The van der Waals surface area contributed by atoms with Crippen LogP contribution in [0.2, 0.25) is 0 Å². The summed E-state index contributed by atoms with van der Waals surface area (Å²) >= 11 is 0. The summed E-state index contributed by atoms with van der Waals surface area (Å²) in [5.41, 5.74) is 5.94. The number of piperidine rings is 1. The summed E-state index contributed by atoms with van der Waals surface area (Å²) in [4.78, 5) is 2.50. The van der Waals surface area contributed by atoms with Crippen molar-refractivity contribution in [3.63, 3.8) is 0 Å². The Morgan fingerprint density at radius 3 is 2.42 bits per heavy atom. The van der Waals surface area contributed by atoms with Gasteiger partial charge in [0.2, 0.25) is 0 Å². The van der Waals surface area contributed by atoms with Gasteiger partial charge in [0.15, 0.2) is 0 Å². The summed E-state index contributed by atoms with van der Waals surface area (Å²) in [7, 11) is 0. The van der Waals surface area contributed by atoms with E-state index in [0.717, 1.165) is 13.2 Å². The van der Waals surface area contributed by atoms with Crippen molar-refractivity contribution in [1.82, 2.24) is 4.90 Å². The Morgan fingerprint density at radius 2 is 1.83 bits per heavy atom. The first-order valence-corrected chi connectivity index (χ1v) is 4.95. The van der Waals surface area contributed by atoms with Gasteiger partial charge in [0.1, 0.15) is 0 Å². The fraction of sp³-hybridized carbons (Fsp3) is 1.00. The van der Waals surface area contributed by atoms with Crippen LogP contribution in [0.4, 0.5) is 0 Å². The lowest BCUT2D eigenvalue weighted by atomic mass is 10.1. The monoisotopic (exact) mass is 170 g/mol. The molecule has 3 nitrogen and oxygen atoms in total.